The summed E-state index contributed by atoms with van der Waals surface area (Å²) >= 11 is 0. The maximum atomic E-state index is 2.28. The third-order valence-corrected chi connectivity index (χ3v) is 3.94. The van der Waals surface area contributed by atoms with Gasteiger partial charge in [0.05, 0.1) is 0 Å². The lowest BCUT2D eigenvalue weighted by atomic mass is 9.90. The molecule has 0 saturated heterocycles. The van der Waals surface area contributed by atoms with Crippen molar-refractivity contribution in [3.63, 3.8) is 0 Å². The lowest BCUT2D eigenvalue weighted by Crippen LogP contribution is -1.91. The molecule has 0 fully saturated rings. The highest BCUT2D eigenvalue weighted by Gasteiger charge is 2.09. The molecule has 0 unspecified atom stereocenters. The highest BCUT2D eigenvalue weighted by atomic mass is 14.1. The number of benzene rings is 3. The molecule has 0 heterocycles. The largest absolute Gasteiger partial charge is 0.0683 e. The van der Waals surface area contributed by atoms with E-state index in [4.69, 9.17) is 0 Å². The van der Waals surface area contributed by atoms with Crippen LogP contribution in [0, 0.1) is 6.92 Å². The Bertz CT molecular complexity index is 734. The van der Waals surface area contributed by atoms with Gasteiger partial charge < -0.3 is 0 Å². The lowest BCUT2D eigenvalue weighted by molar-refractivity contribution is 0.876. The minimum absolute atomic E-state index is 0.548. The highest BCUT2D eigenvalue weighted by Crippen LogP contribution is 2.33. The number of hydrogen-bond acceptors (Lipinski definition) is 0. The SMILES string of the molecule is CC.Cc1ccc(-c2ccc(C(C)C)c3ccccc23)cc1. The molecule has 3 rings (SSSR count). The van der Waals surface area contributed by atoms with Crippen molar-refractivity contribution in [1.29, 1.82) is 0 Å². The van der Waals surface area contributed by atoms with E-state index in [-0.39, 0.29) is 0 Å². The molecular formula is C22H26. The summed E-state index contributed by atoms with van der Waals surface area (Å²) in [6.45, 7) is 10.6. The van der Waals surface area contributed by atoms with Crippen molar-refractivity contribution in [1.82, 2.24) is 0 Å². The summed E-state index contributed by atoms with van der Waals surface area (Å²) in [5.41, 5.74) is 5.35. The summed E-state index contributed by atoms with van der Waals surface area (Å²) in [5, 5.41) is 2.73. The fourth-order valence-corrected chi connectivity index (χ4v) is 2.81. The van der Waals surface area contributed by atoms with Crippen molar-refractivity contribution in [2.24, 2.45) is 0 Å². The van der Waals surface area contributed by atoms with Gasteiger partial charge in [0.25, 0.3) is 0 Å². The molecule has 0 N–H and O–H groups in total. The second-order valence-electron chi connectivity index (χ2n) is 5.77. The summed E-state index contributed by atoms with van der Waals surface area (Å²) in [6.07, 6.45) is 0. The zero-order chi connectivity index (χ0) is 16.1. The van der Waals surface area contributed by atoms with Crippen molar-refractivity contribution >= 4 is 10.8 Å². The molecule has 0 aliphatic rings. The first-order valence-electron chi connectivity index (χ1n) is 8.25. The van der Waals surface area contributed by atoms with Gasteiger partial charge in [-0.25, -0.2) is 0 Å². The van der Waals surface area contributed by atoms with E-state index in [2.05, 4.69) is 81.4 Å². The topological polar surface area (TPSA) is 0 Å². The van der Waals surface area contributed by atoms with Crippen molar-refractivity contribution < 1.29 is 0 Å². The van der Waals surface area contributed by atoms with Crippen LogP contribution in [0.25, 0.3) is 21.9 Å². The van der Waals surface area contributed by atoms with E-state index in [9.17, 15) is 0 Å². The Kier molecular flexibility index (Phi) is 5.38. The normalized spacial score (nSPS) is 10.5. The second kappa shape index (κ2) is 7.26. The molecule has 0 amide bonds. The standard InChI is InChI=1S/C20H20.C2H6/c1-14(2)17-12-13-18(16-10-8-15(3)9-11-16)20-7-5-4-6-19(17)20;1-2/h4-14H,1-3H3;1-2H3. The van der Waals surface area contributed by atoms with Gasteiger partial charge in [-0.1, -0.05) is 93.9 Å². The third-order valence-electron chi connectivity index (χ3n) is 3.94. The van der Waals surface area contributed by atoms with Crippen LogP contribution in [0.2, 0.25) is 0 Å². The lowest BCUT2D eigenvalue weighted by Gasteiger charge is -2.14. The van der Waals surface area contributed by atoms with Crippen LogP contribution in [0.3, 0.4) is 0 Å². The number of rotatable bonds is 2. The van der Waals surface area contributed by atoms with Crippen LogP contribution >= 0.6 is 0 Å². The average molecular weight is 290 g/mol. The Labute approximate surface area is 134 Å². The minimum atomic E-state index is 0.548. The molecule has 3 aromatic rings. The summed E-state index contributed by atoms with van der Waals surface area (Å²) in [5.74, 6) is 0.548. The Balaban J connectivity index is 0.000000847. The predicted octanol–water partition coefficient (Wildman–Crippen LogP) is 6.96. The van der Waals surface area contributed by atoms with Gasteiger partial charge in [0.2, 0.25) is 0 Å². The summed E-state index contributed by atoms with van der Waals surface area (Å²) in [6, 6.07) is 22.1. The Morgan fingerprint density at radius 2 is 1.27 bits per heavy atom. The van der Waals surface area contributed by atoms with E-state index in [0.717, 1.165) is 0 Å². The van der Waals surface area contributed by atoms with E-state index < -0.39 is 0 Å². The van der Waals surface area contributed by atoms with Crippen molar-refractivity contribution in [2.45, 2.75) is 40.5 Å². The molecule has 0 heteroatoms. The monoisotopic (exact) mass is 290 g/mol. The molecule has 0 aliphatic heterocycles. The quantitative estimate of drug-likeness (QED) is 0.478. The van der Waals surface area contributed by atoms with E-state index >= 15 is 0 Å². The maximum absolute atomic E-state index is 2.28. The van der Waals surface area contributed by atoms with Crippen LogP contribution in [-0.2, 0) is 0 Å². The molecule has 0 bridgehead atoms. The summed E-state index contributed by atoms with van der Waals surface area (Å²) in [4.78, 5) is 0. The van der Waals surface area contributed by atoms with Crippen LogP contribution in [0.15, 0.2) is 60.7 Å². The molecule has 0 spiro atoms. The van der Waals surface area contributed by atoms with Gasteiger partial charge >= 0.3 is 0 Å². The molecule has 0 aromatic heterocycles. The zero-order valence-corrected chi connectivity index (χ0v) is 14.4. The minimum Gasteiger partial charge on any atom is -0.0683 e. The van der Waals surface area contributed by atoms with Crippen LogP contribution in [0.4, 0.5) is 0 Å². The van der Waals surface area contributed by atoms with E-state index in [0.29, 0.717) is 5.92 Å². The Morgan fingerprint density at radius 3 is 1.86 bits per heavy atom. The van der Waals surface area contributed by atoms with E-state index in [1.807, 2.05) is 13.8 Å². The van der Waals surface area contributed by atoms with Gasteiger partial charge in [-0.2, -0.15) is 0 Å². The van der Waals surface area contributed by atoms with E-state index in [1.54, 1.807) is 0 Å². The predicted molar refractivity (Wildman–Crippen MR) is 99.6 cm³/mol. The molecule has 0 radical (unpaired) electrons. The molecule has 0 aliphatic carbocycles. The fraction of sp³-hybridized carbons (Fsp3) is 0.273. The van der Waals surface area contributed by atoms with Crippen molar-refractivity contribution in [3.05, 3.63) is 71.8 Å². The maximum Gasteiger partial charge on any atom is -0.0103 e. The molecule has 0 atom stereocenters. The number of hydrogen-bond donors (Lipinski definition) is 0. The first-order valence-corrected chi connectivity index (χ1v) is 8.25. The molecule has 0 saturated carbocycles. The molecular weight excluding hydrogens is 264 g/mol. The van der Waals surface area contributed by atoms with E-state index in [1.165, 1.54) is 33.0 Å². The van der Waals surface area contributed by atoms with Crippen LogP contribution < -0.4 is 0 Å². The van der Waals surface area contributed by atoms with Gasteiger partial charge in [-0.3, -0.25) is 0 Å². The zero-order valence-electron chi connectivity index (χ0n) is 14.4. The first kappa shape index (κ1) is 16.3. The molecule has 22 heavy (non-hydrogen) atoms. The van der Waals surface area contributed by atoms with Gasteiger partial charge in [0.1, 0.15) is 0 Å². The first-order chi connectivity index (χ1) is 10.7. The van der Waals surface area contributed by atoms with Gasteiger partial charge in [0.15, 0.2) is 0 Å². The third kappa shape index (κ3) is 3.22. The van der Waals surface area contributed by atoms with Crippen molar-refractivity contribution in [2.75, 3.05) is 0 Å². The second-order valence-corrected chi connectivity index (χ2v) is 5.77. The molecule has 3 aromatic carbocycles. The smallest absolute Gasteiger partial charge is 0.0103 e. The van der Waals surface area contributed by atoms with Crippen molar-refractivity contribution in [3.8, 4) is 11.1 Å². The fourth-order valence-electron chi connectivity index (χ4n) is 2.81. The summed E-state index contributed by atoms with van der Waals surface area (Å²) in [7, 11) is 0. The Hall–Kier alpha value is -2.08. The van der Waals surface area contributed by atoms with Crippen LogP contribution in [-0.4, -0.2) is 0 Å². The number of aryl methyl sites for hydroxylation is 1. The highest BCUT2D eigenvalue weighted by molar-refractivity contribution is 5.98. The average Bonchev–Trinajstić information content (AvgIpc) is 2.56. The van der Waals surface area contributed by atoms with Gasteiger partial charge in [-0.05, 0) is 40.3 Å². The van der Waals surface area contributed by atoms with Crippen LogP contribution in [0.1, 0.15) is 44.7 Å². The van der Waals surface area contributed by atoms with Gasteiger partial charge in [-0.15, -0.1) is 0 Å². The molecule has 114 valence electrons. The van der Waals surface area contributed by atoms with Crippen LogP contribution in [0.5, 0.6) is 0 Å². The number of fused-ring (bicyclic) bond motifs is 1. The summed E-state index contributed by atoms with van der Waals surface area (Å²) < 4.78 is 0. The Morgan fingerprint density at radius 1 is 0.682 bits per heavy atom. The van der Waals surface area contributed by atoms with Gasteiger partial charge in [0, 0.05) is 0 Å². The molecule has 0 nitrogen and oxygen atoms in total.